The predicted octanol–water partition coefficient (Wildman–Crippen LogP) is 2.06. The molecule has 0 aliphatic carbocycles. The Morgan fingerprint density at radius 1 is 1.31 bits per heavy atom. The van der Waals surface area contributed by atoms with Crippen LogP contribution in [0.4, 0.5) is 0 Å². The van der Waals surface area contributed by atoms with Crippen LogP contribution in [0.2, 0.25) is 0 Å². The van der Waals surface area contributed by atoms with E-state index in [4.69, 9.17) is 0 Å². The Morgan fingerprint density at radius 3 is 2.83 bits per heavy atom. The number of amides is 2. The molecule has 29 heavy (non-hydrogen) atoms. The number of rotatable bonds is 5. The molecule has 3 rings (SSSR count). The minimum Gasteiger partial charge on any atom is -0.357 e. The molecular formula is C20H32IN5O2S. The van der Waals surface area contributed by atoms with Crippen molar-refractivity contribution >= 4 is 53.1 Å². The fourth-order valence-corrected chi connectivity index (χ4v) is 4.55. The van der Waals surface area contributed by atoms with Gasteiger partial charge in [0.1, 0.15) is 6.54 Å². The summed E-state index contributed by atoms with van der Waals surface area (Å²) in [5.74, 6) is 0.913. The van der Waals surface area contributed by atoms with Crippen LogP contribution in [0.15, 0.2) is 16.4 Å². The summed E-state index contributed by atoms with van der Waals surface area (Å²) in [6.45, 7) is 9.63. The van der Waals surface area contributed by atoms with Gasteiger partial charge in [-0.15, -0.1) is 35.3 Å². The molecule has 0 bridgehead atoms. The quantitative estimate of drug-likeness (QED) is 0.345. The van der Waals surface area contributed by atoms with Gasteiger partial charge in [0.15, 0.2) is 5.96 Å². The summed E-state index contributed by atoms with van der Waals surface area (Å²) < 4.78 is 0. The molecule has 2 amide bonds. The van der Waals surface area contributed by atoms with E-state index in [-0.39, 0.29) is 54.3 Å². The van der Waals surface area contributed by atoms with Crippen molar-refractivity contribution in [3.63, 3.8) is 0 Å². The molecule has 7 nitrogen and oxygen atoms in total. The van der Waals surface area contributed by atoms with Crippen LogP contribution in [-0.2, 0) is 22.6 Å². The molecule has 0 aromatic carbocycles. The van der Waals surface area contributed by atoms with Gasteiger partial charge in [-0.2, -0.15) is 0 Å². The topological polar surface area (TPSA) is 77.0 Å². The van der Waals surface area contributed by atoms with Crippen LogP contribution in [0, 0.1) is 5.92 Å². The third-order valence-corrected chi connectivity index (χ3v) is 6.23. The maximum Gasteiger partial charge on any atom is 0.244 e. The molecule has 162 valence electrons. The van der Waals surface area contributed by atoms with Gasteiger partial charge in [-0.05, 0) is 36.8 Å². The monoisotopic (exact) mass is 533 g/mol. The first kappa shape index (κ1) is 23.9. The number of halogens is 1. The van der Waals surface area contributed by atoms with Crippen molar-refractivity contribution in [1.29, 1.82) is 0 Å². The van der Waals surface area contributed by atoms with Gasteiger partial charge in [0, 0.05) is 49.6 Å². The Kier molecular flexibility index (Phi) is 9.19. The number of aliphatic imine (C=N–C) groups is 1. The second-order valence-corrected chi connectivity index (χ2v) is 8.70. The first-order valence-corrected chi connectivity index (χ1v) is 11.0. The van der Waals surface area contributed by atoms with Crippen molar-refractivity contribution in [1.82, 2.24) is 20.4 Å². The Hall–Kier alpha value is -1.36. The molecule has 1 unspecified atom stereocenters. The van der Waals surface area contributed by atoms with Crippen molar-refractivity contribution in [2.75, 3.05) is 32.7 Å². The Labute approximate surface area is 194 Å². The van der Waals surface area contributed by atoms with Gasteiger partial charge in [-0.1, -0.05) is 13.8 Å². The highest BCUT2D eigenvalue weighted by molar-refractivity contribution is 14.0. The summed E-state index contributed by atoms with van der Waals surface area (Å²) in [6, 6.07) is 2.28. The summed E-state index contributed by atoms with van der Waals surface area (Å²) in [4.78, 5) is 34.5. The molecule has 3 heterocycles. The molecule has 2 N–H and O–H groups in total. The first-order chi connectivity index (χ1) is 13.5. The van der Waals surface area contributed by atoms with E-state index in [1.165, 1.54) is 10.4 Å². The minimum atomic E-state index is 0. The zero-order valence-corrected chi connectivity index (χ0v) is 20.6. The summed E-state index contributed by atoms with van der Waals surface area (Å²) in [6.07, 6.45) is 1.83. The van der Waals surface area contributed by atoms with Crippen LogP contribution < -0.4 is 10.6 Å². The average molecular weight is 533 g/mol. The Bertz CT molecular complexity index is 736. The lowest BCUT2D eigenvalue weighted by Crippen LogP contribution is -2.46. The predicted molar refractivity (Wildman–Crippen MR) is 128 cm³/mol. The third kappa shape index (κ3) is 6.31. The minimum absolute atomic E-state index is 0. The van der Waals surface area contributed by atoms with E-state index in [1.54, 1.807) is 11.3 Å². The van der Waals surface area contributed by atoms with E-state index >= 15 is 0 Å². The first-order valence-electron chi connectivity index (χ1n) is 10.1. The van der Waals surface area contributed by atoms with E-state index in [1.807, 2.05) is 30.6 Å². The molecule has 0 spiro atoms. The summed E-state index contributed by atoms with van der Waals surface area (Å²) >= 11 is 1.77. The number of thiophene rings is 1. The number of hydrogen-bond donors (Lipinski definition) is 2. The van der Waals surface area contributed by atoms with Crippen LogP contribution in [0.5, 0.6) is 0 Å². The van der Waals surface area contributed by atoms with E-state index in [0.717, 1.165) is 32.5 Å². The molecule has 2 aliphatic rings. The molecule has 1 atom stereocenters. The normalized spacial score (nSPS) is 19.0. The largest absolute Gasteiger partial charge is 0.357 e. The second-order valence-electron chi connectivity index (χ2n) is 7.70. The average Bonchev–Trinajstić information content (AvgIpc) is 3.33. The maximum absolute atomic E-state index is 12.6. The van der Waals surface area contributed by atoms with Crippen molar-refractivity contribution in [2.24, 2.45) is 10.9 Å². The fraction of sp³-hybridized carbons (Fsp3) is 0.650. The zero-order valence-electron chi connectivity index (χ0n) is 17.4. The third-order valence-electron chi connectivity index (χ3n) is 5.21. The smallest absolute Gasteiger partial charge is 0.244 e. The number of nitrogens with zero attached hydrogens (tertiary/aromatic N) is 3. The molecule has 1 fully saturated rings. The molecule has 1 aromatic rings. The molecular weight excluding hydrogens is 501 g/mol. The highest BCUT2D eigenvalue weighted by Gasteiger charge is 2.28. The highest BCUT2D eigenvalue weighted by atomic mass is 127. The Balaban J connectivity index is 0.00000300. The summed E-state index contributed by atoms with van der Waals surface area (Å²) in [5.41, 5.74) is 1.26. The van der Waals surface area contributed by atoms with Crippen molar-refractivity contribution in [2.45, 2.75) is 46.2 Å². The molecule has 1 saturated heterocycles. The highest BCUT2D eigenvalue weighted by Crippen LogP contribution is 2.23. The van der Waals surface area contributed by atoms with Gasteiger partial charge < -0.3 is 20.4 Å². The van der Waals surface area contributed by atoms with Gasteiger partial charge in [0.2, 0.25) is 11.8 Å². The van der Waals surface area contributed by atoms with Gasteiger partial charge in [0.05, 0.1) is 0 Å². The van der Waals surface area contributed by atoms with E-state index in [2.05, 4.69) is 27.1 Å². The Morgan fingerprint density at radius 2 is 2.10 bits per heavy atom. The van der Waals surface area contributed by atoms with E-state index in [0.29, 0.717) is 19.0 Å². The number of fused-ring (bicyclic) bond motifs is 1. The number of likely N-dealkylation sites (tertiary alicyclic amines) is 1. The van der Waals surface area contributed by atoms with Crippen LogP contribution >= 0.6 is 35.3 Å². The van der Waals surface area contributed by atoms with Crippen molar-refractivity contribution < 1.29 is 9.59 Å². The van der Waals surface area contributed by atoms with E-state index in [9.17, 15) is 9.59 Å². The molecule has 0 radical (unpaired) electrons. The summed E-state index contributed by atoms with van der Waals surface area (Å²) in [7, 11) is 0. The lowest BCUT2D eigenvalue weighted by atomic mass is 10.1. The van der Waals surface area contributed by atoms with Gasteiger partial charge in [-0.3, -0.25) is 9.59 Å². The van der Waals surface area contributed by atoms with Gasteiger partial charge in [0.25, 0.3) is 0 Å². The van der Waals surface area contributed by atoms with Crippen LogP contribution in [0.3, 0.4) is 0 Å². The van der Waals surface area contributed by atoms with Gasteiger partial charge in [-0.25, -0.2) is 4.99 Å². The number of hydrogen-bond acceptors (Lipinski definition) is 4. The SMILES string of the molecule is CCNC(=NCC(=O)N1CCc2sccc2C1)NC1CCN(C(=O)C(C)C)C1.I. The number of nitrogens with one attached hydrogen (secondary N) is 2. The number of carbonyl (C=O) groups excluding carboxylic acids is 2. The molecule has 1 aromatic heterocycles. The van der Waals surface area contributed by atoms with Crippen LogP contribution in [0.1, 0.15) is 37.6 Å². The van der Waals surface area contributed by atoms with Crippen molar-refractivity contribution in [3.05, 3.63) is 21.9 Å². The lowest BCUT2D eigenvalue weighted by Gasteiger charge is -2.26. The zero-order chi connectivity index (χ0) is 20.1. The second kappa shape index (κ2) is 11.1. The molecule has 9 heteroatoms. The number of guanidine groups is 1. The van der Waals surface area contributed by atoms with E-state index < -0.39 is 0 Å². The molecule has 2 aliphatic heterocycles. The van der Waals surface area contributed by atoms with Crippen molar-refractivity contribution in [3.8, 4) is 0 Å². The number of carbonyl (C=O) groups is 2. The van der Waals surface area contributed by atoms with Crippen LogP contribution in [-0.4, -0.2) is 66.3 Å². The van der Waals surface area contributed by atoms with Gasteiger partial charge >= 0.3 is 0 Å². The maximum atomic E-state index is 12.6. The molecule has 0 saturated carbocycles. The fourth-order valence-electron chi connectivity index (χ4n) is 3.66. The lowest BCUT2D eigenvalue weighted by molar-refractivity contribution is -0.133. The standard InChI is InChI=1S/C20H31N5O2S.HI/c1-4-21-20(23-16-5-8-25(13-16)19(27)14(2)3)22-11-18(26)24-9-6-17-15(12-24)7-10-28-17;/h7,10,14,16H,4-6,8-9,11-13H2,1-3H3,(H2,21,22,23);1H. The summed E-state index contributed by atoms with van der Waals surface area (Å²) in [5, 5.41) is 8.70. The van der Waals surface area contributed by atoms with Crippen LogP contribution in [0.25, 0.3) is 0 Å².